The highest BCUT2D eigenvalue weighted by molar-refractivity contribution is 4.81. The maximum absolute atomic E-state index is 9.06. The summed E-state index contributed by atoms with van der Waals surface area (Å²) >= 11 is 0. The Morgan fingerprint density at radius 2 is 2.23 bits per heavy atom. The lowest BCUT2D eigenvalue weighted by Crippen LogP contribution is -2.41. The SMILES string of the molecule is CC1OCCC1NCC(C)(C)CO. The predicted molar refractivity (Wildman–Crippen MR) is 52.7 cm³/mol. The van der Waals surface area contributed by atoms with Crippen LogP contribution in [-0.2, 0) is 4.74 Å². The number of hydrogen-bond acceptors (Lipinski definition) is 3. The van der Waals surface area contributed by atoms with Crippen molar-refractivity contribution in [2.45, 2.75) is 39.3 Å². The van der Waals surface area contributed by atoms with Gasteiger partial charge in [0, 0.05) is 31.2 Å². The standard InChI is InChI=1S/C10H21NO2/c1-8-9(4-5-13-8)11-6-10(2,3)7-12/h8-9,11-12H,4-7H2,1-3H3. The van der Waals surface area contributed by atoms with Crippen molar-refractivity contribution in [3.63, 3.8) is 0 Å². The number of aliphatic hydroxyl groups excluding tert-OH is 1. The number of ether oxygens (including phenoxy) is 1. The zero-order valence-corrected chi connectivity index (χ0v) is 8.84. The summed E-state index contributed by atoms with van der Waals surface area (Å²) in [7, 11) is 0. The van der Waals surface area contributed by atoms with E-state index < -0.39 is 0 Å². The Labute approximate surface area is 80.5 Å². The van der Waals surface area contributed by atoms with Crippen molar-refractivity contribution in [3.05, 3.63) is 0 Å². The highest BCUT2D eigenvalue weighted by Gasteiger charge is 2.26. The van der Waals surface area contributed by atoms with Crippen LogP contribution >= 0.6 is 0 Å². The van der Waals surface area contributed by atoms with Crippen LogP contribution in [0.2, 0.25) is 0 Å². The first-order chi connectivity index (χ1) is 6.05. The Morgan fingerprint density at radius 3 is 2.69 bits per heavy atom. The lowest BCUT2D eigenvalue weighted by molar-refractivity contribution is 0.105. The summed E-state index contributed by atoms with van der Waals surface area (Å²) in [5.41, 5.74) is -0.0255. The minimum Gasteiger partial charge on any atom is -0.396 e. The van der Waals surface area contributed by atoms with Gasteiger partial charge in [-0.15, -0.1) is 0 Å². The zero-order chi connectivity index (χ0) is 9.90. The van der Waals surface area contributed by atoms with Crippen LogP contribution in [0.4, 0.5) is 0 Å². The molecule has 1 rings (SSSR count). The summed E-state index contributed by atoms with van der Waals surface area (Å²) in [4.78, 5) is 0. The van der Waals surface area contributed by atoms with Gasteiger partial charge >= 0.3 is 0 Å². The van der Waals surface area contributed by atoms with Crippen molar-refractivity contribution in [2.75, 3.05) is 19.8 Å². The maximum Gasteiger partial charge on any atom is 0.0700 e. The van der Waals surface area contributed by atoms with E-state index >= 15 is 0 Å². The summed E-state index contributed by atoms with van der Waals surface area (Å²) < 4.78 is 5.44. The minimum atomic E-state index is -0.0255. The van der Waals surface area contributed by atoms with Gasteiger partial charge in [-0.25, -0.2) is 0 Å². The summed E-state index contributed by atoms with van der Waals surface area (Å²) in [6.07, 6.45) is 1.40. The van der Waals surface area contributed by atoms with Crippen molar-refractivity contribution in [2.24, 2.45) is 5.41 Å². The molecule has 0 aromatic rings. The summed E-state index contributed by atoms with van der Waals surface area (Å²) in [6, 6.07) is 0.464. The fourth-order valence-corrected chi connectivity index (χ4v) is 1.46. The van der Waals surface area contributed by atoms with Crippen molar-refractivity contribution in [1.82, 2.24) is 5.32 Å². The van der Waals surface area contributed by atoms with E-state index in [1.807, 2.05) is 0 Å². The summed E-state index contributed by atoms with van der Waals surface area (Å²) in [5.74, 6) is 0. The second-order valence-electron chi connectivity index (χ2n) is 4.67. The third-order valence-electron chi connectivity index (χ3n) is 2.65. The normalized spacial score (nSPS) is 29.5. The van der Waals surface area contributed by atoms with Crippen LogP contribution in [0.5, 0.6) is 0 Å². The van der Waals surface area contributed by atoms with Crippen LogP contribution in [0.1, 0.15) is 27.2 Å². The molecule has 2 N–H and O–H groups in total. The Kier molecular flexibility index (Phi) is 3.71. The quantitative estimate of drug-likeness (QED) is 0.683. The molecule has 3 heteroatoms. The van der Waals surface area contributed by atoms with Gasteiger partial charge < -0.3 is 15.2 Å². The smallest absolute Gasteiger partial charge is 0.0700 e. The molecule has 0 radical (unpaired) electrons. The molecule has 78 valence electrons. The molecular weight excluding hydrogens is 166 g/mol. The van der Waals surface area contributed by atoms with E-state index in [9.17, 15) is 0 Å². The molecule has 1 fully saturated rings. The summed E-state index contributed by atoms with van der Waals surface area (Å²) in [6.45, 7) is 8.14. The third-order valence-corrected chi connectivity index (χ3v) is 2.65. The Morgan fingerprint density at radius 1 is 1.54 bits per heavy atom. The molecule has 0 aromatic carbocycles. The van der Waals surface area contributed by atoms with Crippen LogP contribution < -0.4 is 5.32 Å². The average Bonchev–Trinajstić information content (AvgIpc) is 2.48. The highest BCUT2D eigenvalue weighted by Crippen LogP contribution is 2.16. The van der Waals surface area contributed by atoms with E-state index in [0.29, 0.717) is 12.1 Å². The van der Waals surface area contributed by atoms with E-state index in [1.165, 1.54) is 0 Å². The first kappa shape index (κ1) is 11.0. The van der Waals surface area contributed by atoms with Crippen molar-refractivity contribution in [1.29, 1.82) is 0 Å². The Balaban J connectivity index is 2.25. The minimum absolute atomic E-state index is 0.0255. The molecule has 3 nitrogen and oxygen atoms in total. The van der Waals surface area contributed by atoms with Gasteiger partial charge in [-0.3, -0.25) is 0 Å². The number of nitrogens with one attached hydrogen (secondary N) is 1. The molecule has 0 aromatic heterocycles. The van der Waals surface area contributed by atoms with Crippen molar-refractivity contribution >= 4 is 0 Å². The van der Waals surface area contributed by atoms with Gasteiger partial charge in [0.1, 0.15) is 0 Å². The van der Waals surface area contributed by atoms with Gasteiger partial charge in [0.15, 0.2) is 0 Å². The molecule has 2 atom stereocenters. The molecule has 0 saturated carbocycles. The van der Waals surface area contributed by atoms with E-state index in [-0.39, 0.29) is 12.0 Å². The maximum atomic E-state index is 9.06. The molecule has 1 aliphatic heterocycles. The molecule has 1 saturated heterocycles. The van der Waals surface area contributed by atoms with Crippen LogP contribution in [0, 0.1) is 5.41 Å². The van der Waals surface area contributed by atoms with E-state index in [2.05, 4.69) is 26.1 Å². The van der Waals surface area contributed by atoms with Gasteiger partial charge in [-0.05, 0) is 13.3 Å². The first-order valence-electron chi connectivity index (χ1n) is 5.01. The molecule has 1 heterocycles. The van der Waals surface area contributed by atoms with Crippen LogP contribution in [0.25, 0.3) is 0 Å². The number of hydrogen-bond donors (Lipinski definition) is 2. The average molecular weight is 187 g/mol. The van der Waals surface area contributed by atoms with Crippen LogP contribution in [0.3, 0.4) is 0 Å². The van der Waals surface area contributed by atoms with Crippen LogP contribution in [-0.4, -0.2) is 37.0 Å². The Bertz CT molecular complexity index is 159. The third kappa shape index (κ3) is 3.25. The van der Waals surface area contributed by atoms with Gasteiger partial charge in [0.25, 0.3) is 0 Å². The lowest BCUT2D eigenvalue weighted by Gasteiger charge is -2.25. The number of rotatable bonds is 4. The zero-order valence-electron chi connectivity index (χ0n) is 8.84. The second-order valence-corrected chi connectivity index (χ2v) is 4.67. The van der Waals surface area contributed by atoms with Gasteiger partial charge in [0.05, 0.1) is 6.10 Å². The van der Waals surface area contributed by atoms with Crippen LogP contribution in [0.15, 0.2) is 0 Å². The molecule has 0 bridgehead atoms. The molecule has 0 spiro atoms. The largest absolute Gasteiger partial charge is 0.396 e. The van der Waals surface area contributed by atoms with Gasteiger partial charge in [-0.1, -0.05) is 13.8 Å². The second kappa shape index (κ2) is 4.40. The van der Waals surface area contributed by atoms with Gasteiger partial charge in [-0.2, -0.15) is 0 Å². The lowest BCUT2D eigenvalue weighted by atomic mass is 9.94. The highest BCUT2D eigenvalue weighted by atomic mass is 16.5. The van der Waals surface area contributed by atoms with Gasteiger partial charge in [0.2, 0.25) is 0 Å². The molecule has 0 amide bonds. The molecule has 13 heavy (non-hydrogen) atoms. The summed E-state index contributed by atoms with van der Waals surface area (Å²) in [5, 5.41) is 12.5. The fourth-order valence-electron chi connectivity index (χ4n) is 1.46. The Hall–Kier alpha value is -0.120. The monoisotopic (exact) mass is 187 g/mol. The topological polar surface area (TPSA) is 41.5 Å². The van der Waals surface area contributed by atoms with E-state index in [4.69, 9.17) is 9.84 Å². The van der Waals surface area contributed by atoms with Crippen molar-refractivity contribution in [3.8, 4) is 0 Å². The first-order valence-corrected chi connectivity index (χ1v) is 5.01. The predicted octanol–water partition coefficient (Wildman–Crippen LogP) is 0.772. The molecule has 1 aliphatic rings. The fraction of sp³-hybridized carbons (Fsp3) is 1.00. The van der Waals surface area contributed by atoms with E-state index in [0.717, 1.165) is 19.6 Å². The van der Waals surface area contributed by atoms with Crippen molar-refractivity contribution < 1.29 is 9.84 Å². The molecular formula is C10H21NO2. The number of aliphatic hydroxyl groups is 1. The van der Waals surface area contributed by atoms with E-state index in [1.54, 1.807) is 0 Å². The molecule has 2 unspecified atom stereocenters. The molecule has 0 aliphatic carbocycles.